The molecule has 0 radical (unpaired) electrons. The second-order valence-corrected chi connectivity index (χ2v) is 16.8. The molecule has 0 aliphatic heterocycles. The number of likely N-dealkylation sites (N-methyl/N-ethyl adjacent to an activating group) is 1. The smallest absolute Gasteiger partial charge is 0.306 e. The summed E-state index contributed by atoms with van der Waals surface area (Å²) in [6.45, 7) is 4.29. The summed E-state index contributed by atoms with van der Waals surface area (Å²) in [6, 6.07) is -0.751. The minimum Gasteiger partial charge on any atom is -0.544 e. The van der Waals surface area contributed by atoms with Gasteiger partial charge in [0.1, 0.15) is 12.6 Å². The van der Waals surface area contributed by atoms with Crippen molar-refractivity contribution in [3.05, 3.63) is 158 Å². The average Bonchev–Trinajstić information content (AvgIpc) is 3.28. The standard InChI is InChI=1S/C58H87NO7/c1-6-8-10-12-14-16-18-20-22-24-26-27-28-29-31-32-34-36-38-40-42-44-46-48-56(60)65-53-54(52-64-51-50-55(58(62)63)59(3,4)5)66-57(61)49-47-45-43-41-39-37-35-33-30-25-23-21-19-17-15-13-11-9-7-2/h8-11,13-17,19-23,25-27,29-31,33-37,39,54-55H,6-7,12,18,24,28,32,38,40-53H2,1-5H3/b10-8+,11-9+,15-13+,16-14+,19-17+,22-20+,23-21+,27-26+,30-25+,31-29+,35-33+,36-34+,39-37+. The van der Waals surface area contributed by atoms with E-state index in [9.17, 15) is 19.5 Å². The molecule has 0 saturated carbocycles. The van der Waals surface area contributed by atoms with Crippen LogP contribution in [-0.4, -0.2) is 75.5 Å². The molecule has 2 unspecified atom stereocenters. The third-order valence-electron chi connectivity index (χ3n) is 9.85. The van der Waals surface area contributed by atoms with Crippen LogP contribution in [0.3, 0.4) is 0 Å². The minimum atomic E-state index is -1.15. The first-order chi connectivity index (χ1) is 32.1. The summed E-state index contributed by atoms with van der Waals surface area (Å²) in [5, 5.41) is 11.7. The zero-order valence-electron chi connectivity index (χ0n) is 41.5. The fourth-order valence-corrected chi connectivity index (χ4v) is 6.11. The Morgan fingerprint density at radius 2 is 0.879 bits per heavy atom. The number of carboxylic acid groups (broad SMARTS) is 1. The number of nitrogens with zero attached hydrogens (tertiary/aromatic N) is 1. The van der Waals surface area contributed by atoms with Crippen LogP contribution in [0.5, 0.6) is 0 Å². The molecule has 0 aliphatic carbocycles. The zero-order chi connectivity index (χ0) is 48.4. The summed E-state index contributed by atoms with van der Waals surface area (Å²) < 4.78 is 17.1. The first-order valence-corrected chi connectivity index (χ1v) is 24.6. The number of carbonyl (C=O) groups excluding carboxylic acids is 3. The van der Waals surface area contributed by atoms with Gasteiger partial charge in [-0.05, 0) is 83.5 Å². The van der Waals surface area contributed by atoms with Gasteiger partial charge in [-0.3, -0.25) is 9.59 Å². The van der Waals surface area contributed by atoms with Crippen molar-refractivity contribution < 1.29 is 38.2 Å². The van der Waals surface area contributed by atoms with Crippen molar-refractivity contribution in [3.8, 4) is 0 Å². The van der Waals surface area contributed by atoms with E-state index in [0.717, 1.165) is 96.3 Å². The Kier molecular flexibility index (Phi) is 42.9. The molecule has 0 bridgehead atoms. The molecule has 0 amide bonds. The van der Waals surface area contributed by atoms with Crippen LogP contribution in [0.2, 0.25) is 0 Å². The monoisotopic (exact) mass is 910 g/mol. The summed E-state index contributed by atoms with van der Waals surface area (Å²) in [4.78, 5) is 37.0. The van der Waals surface area contributed by atoms with E-state index >= 15 is 0 Å². The Balaban J connectivity index is 4.47. The summed E-state index contributed by atoms with van der Waals surface area (Å²) >= 11 is 0. The van der Waals surface area contributed by atoms with E-state index in [1.165, 1.54) is 0 Å². The van der Waals surface area contributed by atoms with E-state index < -0.39 is 18.1 Å². The predicted molar refractivity (Wildman–Crippen MR) is 276 cm³/mol. The first kappa shape index (κ1) is 60.9. The lowest BCUT2D eigenvalue weighted by atomic mass is 10.1. The quantitative estimate of drug-likeness (QED) is 0.0198. The van der Waals surface area contributed by atoms with Crippen LogP contribution in [-0.2, 0) is 28.6 Å². The number of allylic oxidation sites excluding steroid dienone is 26. The summed E-state index contributed by atoms with van der Waals surface area (Å²) in [6.07, 6.45) is 69.8. The molecular weight excluding hydrogens is 823 g/mol. The van der Waals surface area contributed by atoms with Gasteiger partial charge in [0.15, 0.2) is 6.10 Å². The largest absolute Gasteiger partial charge is 0.544 e. The number of quaternary nitrogens is 1. The molecule has 0 N–H and O–H groups in total. The second-order valence-electron chi connectivity index (χ2n) is 16.8. The van der Waals surface area contributed by atoms with Gasteiger partial charge < -0.3 is 28.6 Å². The second kappa shape index (κ2) is 46.5. The van der Waals surface area contributed by atoms with Gasteiger partial charge in [0.05, 0.1) is 40.3 Å². The van der Waals surface area contributed by atoms with E-state index in [2.05, 4.69) is 98.9 Å². The minimum absolute atomic E-state index is 0.000160. The molecule has 0 fully saturated rings. The third kappa shape index (κ3) is 44.2. The first-order valence-electron chi connectivity index (χ1n) is 24.6. The molecule has 0 rings (SSSR count). The van der Waals surface area contributed by atoms with Gasteiger partial charge in [-0.25, -0.2) is 0 Å². The lowest BCUT2D eigenvalue weighted by Gasteiger charge is -2.34. The van der Waals surface area contributed by atoms with Gasteiger partial charge in [0.2, 0.25) is 0 Å². The fourth-order valence-electron chi connectivity index (χ4n) is 6.11. The fraction of sp³-hybridized carbons (Fsp3) is 0.500. The van der Waals surface area contributed by atoms with E-state index in [0.29, 0.717) is 12.8 Å². The van der Waals surface area contributed by atoms with Crippen LogP contribution in [0.15, 0.2) is 158 Å². The van der Waals surface area contributed by atoms with Crippen molar-refractivity contribution in [2.75, 3.05) is 41.0 Å². The van der Waals surface area contributed by atoms with Crippen molar-refractivity contribution in [2.45, 2.75) is 148 Å². The van der Waals surface area contributed by atoms with Gasteiger partial charge in [-0.1, -0.05) is 191 Å². The third-order valence-corrected chi connectivity index (χ3v) is 9.85. The van der Waals surface area contributed by atoms with Crippen molar-refractivity contribution in [1.29, 1.82) is 0 Å². The van der Waals surface area contributed by atoms with Gasteiger partial charge in [0.25, 0.3) is 0 Å². The highest BCUT2D eigenvalue weighted by molar-refractivity contribution is 5.70. The van der Waals surface area contributed by atoms with Crippen LogP contribution in [0.4, 0.5) is 0 Å². The molecule has 0 aromatic rings. The normalized spacial score (nSPS) is 14.3. The van der Waals surface area contributed by atoms with Crippen LogP contribution in [0, 0.1) is 0 Å². The molecule has 0 saturated heterocycles. The lowest BCUT2D eigenvalue weighted by molar-refractivity contribution is -0.889. The Labute approximate surface area is 401 Å². The van der Waals surface area contributed by atoms with Crippen LogP contribution in [0.1, 0.15) is 136 Å². The Morgan fingerprint density at radius 1 is 0.470 bits per heavy atom. The number of unbranched alkanes of at least 4 members (excludes halogenated alkanes) is 7. The van der Waals surface area contributed by atoms with E-state index in [1.54, 1.807) is 21.1 Å². The van der Waals surface area contributed by atoms with Crippen LogP contribution < -0.4 is 5.11 Å². The Morgan fingerprint density at radius 3 is 1.36 bits per heavy atom. The summed E-state index contributed by atoms with van der Waals surface area (Å²) in [5.74, 6) is -1.85. The highest BCUT2D eigenvalue weighted by atomic mass is 16.6. The van der Waals surface area contributed by atoms with Crippen molar-refractivity contribution in [2.24, 2.45) is 0 Å². The Hall–Kier alpha value is -5.05. The number of esters is 2. The maximum absolute atomic E-state index is 12.8. The van der Waals surface area contributed by atoms with Gasteiger partial charge in [0, 0.05) is 19.3 Å². The molecule has 2 atom stereocenters. The number of hydrogen-bond acceptors (Lipinski definition) is 7. The number of rotatable bonds is 41. The topological polar surface area (TPSA) is 102 Å². The molecule has 8 nitrogen and oxygen atoms in total. The van der Waals surface area contributed by atoms with Crippen molar-refractivity contribution in [3.63, 3.8) is 0 Å². The van der Waals surface area contributed by atoms with Crippen molar-refractivity contribution in [1.82, 2.24) is 0 Å². The lowest BCUT2D eigenvalue weighted by Crippen LogP contribution is -2.55. The number of carboxylic acids is 1. The molecule has 8 heteroatoms. The number of hydrogen-bond donors (Lipinski definition) is 0. The Bertz CT molecular complexity index is 1620. The van der Waals surface area contributed by atoms with Crippen LogP contribution >= 0.6 is 0 Å². The molecule has 0 heterocycles. The van der Waals surface area contributed by atoms with E-state index in [1.807, 2.05) is 72.9 Å². The van der Waals surface area contributed by atoms with E-state index in [-0.39, 0.29) is 49.1 Å². The number of aliphatic carboxylic acids is 1. The van der Waals surface area contributed by atoms with Gasteiger partial charge in [-0.2, -0.15) is 0 Å². The molecule has 0 aromatic carbocycles. The molecule has 366 valence electrons. The molecule has 0 aromatic heterocycles. The van der Waals surface area contributed by atoms with Gasteiger partial charge >= 0.3 is 11.9 Å². The van der Waals surface area contributed by atoms with Crippen molar-refractivity contribution >= 4 is 17.9 Å². The summed E-state index contributed by atoms with van der Waals surface area (Å²) in [5.41, 5.74) is 0. The molecular formula is C58H87NO7. The molecule has 0 aliphatic rings. The maximum atomic E-state index is 12.8. The number of carbonyl (C=O) groups is 3. The molecule has 66 heavy (non-hydrogen) atoms. The van der Waals surface area contributed by atoms with Crippen LogP contribution in [0.25, 0.3) is 0 Å². The molecule has 0 spiro atoms. The highest BCUT2D eigenvalue weighted by Gasteiger charge is 2.25. The zero-order valence-corrected chi connectivity index (χ0v) is 41.5. The SMILES string of the molecule is CC/C=C/C=C/C=C/C=C/C=C/C=C/C=C/CCCCCC(=O)OC(COCCC(C(=O)[O-])[N+](C)(C)C)COC(=O)CCCCCC/C=C/C/C=C/C/C=C/C/C=C/C/C=C/C/C=C/CC. The average molecular weight is 910 g/mol. The predicted octanol–water partition coefficient (Wildman–Crippen LogP) is 13.0. The number of ether oxygens (including phenoxy) is 3. The van der Waals surface area contributed by atoms with E-state index in [4.69, 9.17) is 14.2 Å². The maximum Gasteiger partial charge on any atom is 0.306 e. The van der Waals surface area contributed by atoms with Gasteiger partial charge in [-0.15, -0.1) is 0 Å². The highest BCUT2D eigenvalue weighted by Crippen LogP contribution is 2.11. The summed E-state index contributed by atoms with van der Waals surface area (Å²) in [7, 11) is 5.36.